The number of anilines is 2. The summed E-state index contributed by atoms with van der Waals surface area (Å²) in [5.74, 6) is -0.0657. The Morgan fingerprint density at radius 2 is 1.73 bits per heavy atom. The van der Waals surface area contributed by atoms with Crippen molar-refractivity contribution in [1.82, 2.24) is 0 Å². The van der Waals surface area contributed by atoms with E-state index in [1.807, 2.05) is 30.0 Å². The molecule has 1 amide bonds. The molecule has 0 N–H and O–H groups in total. The van der Waals surface area contributed by atoms with Gasteiger partial charge in [0.25, 0.3) is 15.9 Å². The molecule has 3 aromatic rings. The van der Waals surface area contributed by atoms with Gasteiger partial charge in [-0.2, -0.15) is 0 Å². The Kier molecular flexibility index (Phi) is 5.75. The highest BCUT2D eigenvalue weighted by atomic mass is 79.9. The monoisotopic (exact) mass is 544 g/mol. The molecular weight excluding hydrogens is 524 g/mol. The molecule has 2 aliphatic heterocycles. The first-order chi connectivity index (χ1) is 15.8. The van der Waals surface area contributed by atoms with Gasteiger partial charge in [-0.1, -0.05) is 27.5 Å². The van der Waals surface area contributed by atoms with E-state index in [4.69, 9.17) is 11.6 Å². The number of benzene rings is 3. The molecule has 0 fully saturated rings. The van der Waals surface area contributed by atoms with Crippen LogP contribution in [0.5, 0.6) is 0 Å². The minimum absolute atomic E-state index is 0.0552. The number of halogens is 2. The Morgan fingerprint density at radius 1 is 1.00 bits per heavy atom. The van der Waals surface area contributed by atoms with Gasteiger partial charge in [0, 0.05) is 33.3 Å². The molecule has 1 unspecified atom stereocenters. The second-order valence-corrected chi connectivity index (χ2v) is 11.7. The maximum Gasteiger partial charge on any atom is 0.264 e. The van der Waals surface area contributed by atoms with Crippen molar-refractivity contribution in [2.24, 2.45) is 0 Å². The highest BCUT2D eigenvalue weighted by Gasteiger charge is 2.33. The average Bonchev–Trinajstić information content (AvgIpc) is 3.12. The van der Waals surface area contributed by atoms with E-state index < -0.39 is 10.0 Å². The number of nitrogens with zero attached hydrogens (tertiary/aromatic N) is 2. The molecule has 0 spiro atoms. The van der Waals surface area contributed by atoms with Gasteiger partial charge >= 0.3 is 0 Å². The predicted octanol–water partition coefficient (Wildman–Crippen LogP) is 5.84. The molecular formula is C25H22BrClN2O3S. The largest absolute Gasteiger partial charge is 0.305 e. The van der Waals surface area contributed by atoms with Gasteiger partial charge in [-0.15, -0.1) is 0 Å². The Bertz CT molecular complexity index is 1360. The quantitative estimate of drug-likeness (QED) is 0.416. The highest BCUT2D eigenvalue weighted by molar-refractivity contribution is 9.10. The Labute approximate surface area is 207 Å². The van der Waals surface area contributed by atoms with Gasteiger partial charge in [0.1, 0.15) is 0 Å². The third-order valence-electron chi connectivity index (χ3n) is 6.28. The van der Waals surface area contributed by atoms with Crippen molar-refractivity contribution < 1.29 is 13.2 Å². The molecule has 5 rings (SSSR count). The number of rotatable bonds is 3. The van der Waals surface area contributed by atoms with E-state index in [1.54, 1.807) is 24.3 Å². The van der Waals surface area contributed by atoms with Crippen LogP contribution in [0.2, 0.25) is 5.02 Å². The van der Waals surface area contributed by atoms with Gasteiger partial charge in [-0.25, -0.2) is 8.42 Å². The summed E-state index contributed by atoms with van der Waals surface area (Å²) in [5, 5.41) is 0.487. The Hall–Kier alpha value is -2.35. The van der Waals surface area contributed by atoms with Gasteiger partial charge < -0.3 is 4.90 Å². The molecule has 5 nitrogen and oxygen atoms in total. The number of aryl methyl sites for hydroxylation is 1. The first kappa shape index (κ1) is 22.4. The van der Waals surface area contributed by atoms with E-state index in [0.717, 1.165) is 34.1 Å². The summed E-state index contributed by atoms with van der Waals surface area (Å²) < 4.78 is 29.0. The van der Waals surface area contributed by atoms with Crippen LogP contribution < -0.4 is 9.21 Å². The highest BCUT2D eigenvalue weighted by Crippen LogP contribution is 2.37. The SMILES string of the molecule is CC1Cc2cc(Br)ccc2N1C(=O)c1ccc2c(c1)CCCN2S(=O)(=O)c1ccc(Cl)cc1. The lowest BCUT2D eigenvalue weighted by Crippen LogP contribution is -2.37. The molecule has 2 heterocycles. The number of hydrogen-bond donors (Lipinski definition) is 0. The van der Waals surface area contributed by atoms with E-state index in [2.05, 4.69) is 22.0 Å². The van der Waals surface area contributed by atoms with Crippen LogP contribution in [-0.4, -0.2) is 26.9 Å². The first-order valence-electron chi connectivity index (χ1n) is 10.8. The van der Waals surface area contributed by atoms with Crippen LogP contribution in [0.1, 0.15) is 34.8 Å². The summed E-state index contributed by atoms with van der Waals surface area (Å²) in [6.07, 6.45) is 2.22. The van der Waals surface area contributed by atoms with E-state index in [0.29, 0.717) is 29.2 Å². The number of carbonyl (C=O) groups excluding carboxylic acids is 1. The fourth-order valence-electron chi connectivity index (χ4n) is 4.73. The third kappa shape index (κ3) is 3.96. The molecule has 170 valence electrons. The molecule has 1 atom stereocenters. The second-order valence-electron chi connectivity index (χ2n) is 8.48. The predicted molar refractivity (Wildman–Crippen MR) is 135 cm³/mol. The average molecular weight is 546 g/mol. The van der Waals surface area contributed by atoms with Crippen molar-refractivity contribution in [3.8, 4) is 0 Å². The van der Waals surface area contributed by atoms with Crippen LogP contribution in [-0.2, 0) is 22.9 Å². The normalized spacial score (nSPS) is 17.6. The second kappa shape index (κ2) is 8.46. The van der Waals surface area contributed by atoms with Gasteiger partial charge in [-0.3, -0.25) is 9.10 Å². The number of hydrogen-bond acceptors (Lipinski definition) is 3. The smallest absolute Gasteiger partial charge is 0.264 e. The molecule has 0 radical (unpaired) electrons. The first-order valence-corrected chi connectivity index (χ1v) is 13.4. The zero-order valence-electron chi connectivity index (χ0n) is 18.0. The lowest BCUT2D eigenvalue weighted by molar-refractivity contribution is 0.0981. The Balaban J connectivity index is 1.48. The molecule has 0 saturated heterocycles. The molecule has 33 heavy (non-hydrogen) atoms. The number of fused-ring (bicyclic) bond motifs is 2. The summed E-state index contributed by atoms with van der Waals surface area (Å²) in [4.78, 5) is 15.5. The minimum atomic E-state index is -3.72. The van der Waals surface area contributed by atoms with E-state index in [-0.39, 0.29) is 16.8 Å². The van der Waals surface area contributed by atoms with Gasteiger partial charge in [0.2, 0.25) is 0 Å². The lowest BCUT2D eigenvalue weighted by atomic mass is 10.00. The van der Waals surface area contributed by atoms with Crippen LogP contribution in [0.15, 0.2) is 70.0 Å². The summed E-state index contributed by atoms with van der Waals surface area (Å²) in [6, 6.07) is 17.6. The van der Waals surface area contributed by atoms with Crippen LogP contribution in [0.3, 0.4) is 0 Å². The molecule has 8 heteroatoms. The fourth-order valence-corrected chi connectivity index (χ4v) is 6.80. The fraction of sp³-hybridized carbons (Fsp3) is 0.240. The van der Waals surface area contributed by atoms with Crippen molar-refractivity contribution in [3.05, 3.63) is 86.8 Å². The zero-order valence-corrected chi connectivity index (χ0v) is 21.1. The van der Waals surface area contributed by atoms with E-state index in [1.165, 1.54) is 16.4 Å². The maximum absolute atomic E-state index is 13.5. The number of sulfonamides is 1. The topological polar surface area (TPSA) is 57.7 Å². The summed E-state index contributed by atoms with van der Waals surface area (Å²) in [7, 11) is -3.72. The standard InChI is InChI=1S/C25H22BrClN2O3S/c1-16-13-19-15-20(26)5-11-24(19)29(16)25(30)18-4-10-23-17(14-18)3-2-12-28(23)33(31,32)22-8-6-21(27)7-9-22/h4-11,14-16H,2-3,12-13H2,1H3. The van der Waals surface area contributed by atoms with Gasteiger partial charge in [0.15, 0.2) is 0 Å². The van der Waals surface area contributed by atoms with Crippen molar-refractivity contribution in [2.45, 2.75) is 37.1 Å². The molecule has 0 bridgehead atoms. The van der Waals surface area contributed by atoms with Crippen molar-refractivity contribution >= 4 is 54.8 Å². The summed E-state index contributed by atoms with van der Waals surface area (Å²) in [5.41, 5.74) is 4.14. The van der Waals surface area contributed by atoms with Crippen LogP contribution in [0.4, 0.5) is 11.4 Å². The maximum atomic E-state index is 13.5. The lowest BCUT2D eigenvalue weighted by Gasteiger charge is -2.31. The summed E-state index contributed by atoms with van der Waals surface area (Å²) in [6.45, 7) is 2.45. The minimum Gasteiger partial charge on any atom is -0.305 e. The molecule has 3 aromatic carbocycles. The molecule has 0 aromatic heterocycles. The van der Waals surface area contributed by atoms with Crippen LogP contribution >= 0.6 is 27.5 Å². The van der Waals surface area contributed by atoms with Crippen molar-refractivity contribution in [3.63, 3.8) is 0 Å². The molecule has 2 aliphatic rings. The summed E-state index contributed by atoms with van der Waals surface area (Å²) >= 11 is 9.44. The van der Waals surface area contributed by atoms with Crippen LogP contribution in [0, 0.1) is 0 Å². The van der Waals surface area contributed by atoms with Crippen LogP contribution in [0.25, 0.3) is 0 Å². The molecule has 0 saturated carbocycles. The zero-order chi connectivity index (χ0) is 23.3. The number of carbonyl (C=O) groups is 1. The third-order valence-corrected chi connectivity index (χ3v) is 8.85. The van der Waals surface area contributed by atoms with Crippen molar-refractivity contribution in [1.29, 1.82) is 0 Å². The molecule has 0 aliphatic carbocycles. The van der Waals surface area contributed by atoms with E-state index in [9.17, 15) is 13.2 Å². The Morgan fingerprint density at radius 3 is 2.48 bits per heavy atom. The van der Waals surface area contributed by atoms with Gasteiger partial charge in [0.05, 0.1) is 10.6 Å². The van der Waals surface area contributed by atoms with Gasteiger partial charge in [-0.05, 0) is 98.0 Å². The number of amides is 1. The van der Waals surface area contributed by atoms with Crippen molar-refractivity contribution in [2.75, 3.05) is 15.7 Å². The van der Waals surface area contributed by atoms with E-state index >= 15 is 0 Å².